The molecule has 0 aromatic carbocycles. The van der Waals surface area contributed by atoms with Crippen LogP contribution in [0.2, 0.25) is 0 Å². The molecule has 2 rings (SSSR count). The topological polar surface area (TPSA) is 80.9 Å². The largest absolute Gasteiger partial charge is 0.396 e. The number of thiophene rings is 1. The first-order chi connectivity index (χ1) is 7.25. The number of amides is 1. The lowest BCUT2D eigenvalue weighted by molar-refractivity contribution is 0.102. The summed E-state index contributed by atoms with van der Waals surface area (Å²) in [7, 11) is 0. The quantitative estimate of drug-likeness (QED) is 0.801. The predicted octanol–water partition coefficient (Wildman–Crippen LogP) is 1.37. The van der Waals surface area contributed by atoms with Crippen LogP contribution in [-0.2, 0) is 0 Å². The minimum absolute atomic E-state index is 0.213. The lowest BCUT2D eigenvalue weighted by atomic mass is 10.4. The summed E-state index contributed by atoms with van der Waals surface area (Å²) >= 11 is 1.36. The summed E-state index contributed by atoms with van der Waals surface area (Å²) in [6, 6.07) is 3.54. The van der Waals surface area contributed by atoms with Gasteiger partial charge in [0.2, 0.25) is 5.95 Å². The Bertz CT molecular complexity index is 451. The van der Waals surface area contributed by atoms with Crippen LogP contribution in [0.3, 0.4) is 0 Å². The molecule has 0 atom stereocenters. The average molecular weight is 220 g/mol. The highest BCUT2D eigenvalue weighted by molar-refractivity contribution is 7.12. The van der Waals surface area contributed by atoms with Crippen molar-refractivity contribution in [2.45, 2.75) is 0 Å². The first-order valence-corrected chi connectivity index (χ1v) is 5.06. The molecule has 0 saturated heterocycles. The Kier molecular flexibility index (Phi) is 2.59. The minimum Gasteiger partial charge on any atom is -0.396 e. The molecular formula is C9H8N4OS. The van der Waals surface area contributed by atoms with Gasteiger partial charge < -0.3 is 5.73 Å². The number of anilines is 2. The Morgan fingerprint density at radius 3 is 2.73 bits per heavy atom. The van der Waals surface area contributed by atoms with Gasteiger partial charge in [-0.05, 0) is 11.4 Å². The molecule has 15 heavy (non-hydrogen) atoms. The molecule has 0 aliphatic heterocycles. The van der Waals surface area contributed by atoms with Crippen molar-refractivity contribution >= 4 is 28.9 Å². The van der Waals surface area contributed by atoms with Gasteiger partial charge in [0.25, 0.3) is 5.91 Å². The fraction of sp³-hybridized carbons (Fsp3) is 0. The van der Waals surface area contributed by atoms with Crippen molar-refractivity contribution in [2.24, 2.45) is 0 Å². The number of hydrogen-bond donors (Lipinski definition) is 2. The van der Waals surface area contributed by atoms with Crippen LogP contribution in [0.1, 0.15) is 9.67 Å². The van der Waals surface area contributed by atoms with E-state index in [0.29, 0.717) is 10.6 Å². The van der Waals surface area contributed by atoms with E-state index in [1.165, 1.54) is 23.7 Å². The van der Waals surface area contributed by atoms with Crippen LogP contribution < -0.4 is 11.1 Å². The van der Waals surface area contributed by atoms with Crippen molar-refractivity contribution in [1.29, 1.82) is 0 Å². The van der Waals surface area contributed by atoms with Crippen molar-refractivity contribution in [3.8, 4) is 0 Å². The maximum Gasteiger partial charge on any atom is 0.268 e. The number of carbonyl (C=O) groups excluding carboxylic acids is 1. The van der Waals surface area contributed by atoms with E-state index in [1.807, 2.05) is 11.4 Å². The van der Waals surface area contributed by atoms with Crippen molar-refractivity contribution < 1.29 is 4.79 Å². The molecule has 2 aromatic rings. The van der Waals surface area contributed by atoms with Gasteiger partial charge in [-0.1, -0.05) is 6.07 Å². The molecule has 0 bridgehead atoms. The highest BCUT2D eigenvalue weighted by Crippen LogP contribution is 2.10. The summed E-state index contributed by atoms with van der Waals surface area (Å²) < 4.78 is 0. The third-order valence-corrected chi connectivity index (χ3v) is 2.51. The smallest absolute Gasteiger partial charge is 0.268 e. The minimum atomic E-state index is -0.213. The monoisotopic (exact) mass is 220 g/mol. The highest BCUT2D eigenvalue weighted by Gasteiger charge is 2.07. The van der Waals surface area contributed by atoms with Crippen LogP contribution in [-0.4, -0.2) is 15.9 Å². The fourth-order valence-corrected chi connectivity index (χ4v) is 1.59. The van der Waals surface area contributed by atoms with Crippen molar-refractivity contribution in [3.63, 3.8) is 0 Å². The lowest BCUT2D eigenvalue weighted by Gasteiger charge is -2.00. The molecule has 0 aliphatic rings. The number of rotatable bonds is 2. The van der Waals surface area contributed by atoms with Crippen LogP contribution in [0.25, 0.3) is 0 Å². The molecule has 1 amide bonds. The van der Waals surface area contributed by atoms with Crippen molar-refractivity contribution in [3.05, 3.63) is 34.8 Å². The van der Waals surface area contributed by atoms with Gasteiger partial charge in [0, 0.05) is 0 Å². The fourth-order valence-electron chi connectivity index (χ4n) is 0.973. The molecule has 2 aromatic heterocycles. The van der Waals surface area contributed by atoms with Crippen LogP contribution in [0.5, 0.6) is 0 Å². The summed E-state index contributed by atoms with van der Waals surface area (Å²) in [5.41, 5.74) is 5.88. The van der Waals surface area contributed by atoms with E-state index in [2.05, 4.69) is 15.3 Å². The second-order valence-electron chi connectivity index (χ2n) is 2.77. The molecule has 0 radical (unpaired) electrons. The van der Waals surface area contributed by atoms with Gasteiger partial charge in [0.15, 0.2) is 0 Å². The summed E-state index contributed by atoms with van der Waals surface area (Å²) in [5, 5.41) is 4.40. The molecule has 0 aliphatic carbocycles. The Balaban J connectivity index is 2.09. The van der Waals surface area contributed by atoms with Crippen molar-refractivity contribution in [1.82, 2.24) is 9.97 Å². The maximum absolute atomic E-state index is 11.5. The van der Waals surface area contributed by atoms with E-state index in [9.17, 15) is 4.79 Å². The Labute approximate surface area is 90.0 Å². The van der Waals surface area contributed by atoms with Gasteiger partial charge in [0.05, 0.1) is 23.0 Å². The number of nitrogens with one attached hydrogen (secondary N) is 1. The predicted molar refractivity (Wildman–Crippen MR) is 58.7 cm³/mol. The Morgan fingerprint density at radius 1 is 1.40 bits per heavy atom. The van der Waals surface area contributed by atoms with E-state index in [-0.39, 0.29) is 11.9 Å². The van der Waals surface area contributed by atoms with Gasteiger partial charge in [0.1, 0.15) is 0 Å². The molecular weight excluding hydrogens is 212 g/mol. The first kappa shape index (κ1) is 9.60. The van der Waals surface area contributed by atoms with Crippen LogP contribution in [0.4, 0.5) is 11.6 Å². The van der Waals surface area contributed by atoms with E-state index < -0.39 is 0 Å². The molecule has 0 fully saturated rings. The zero-order valence-electron chi connectivity index (χ0n) is 7.68. The number of hydrogen-bond acceptors (Lipinski definition) is 5. The molecule has 6 heteroatoms. The number of nitrogens with zero attached hydrogens (tertiary/aromatic N) is 2. The van der Waals surface area contributed by atoms with Gasteiger partial charge in [-0.15, -0.1) is 11.3 Å². The second kappa shape index (κ2) is 4.05. The number of nitrogen functional groups attached to an aromatic ring is 1. The first-order valence-electron chi connectivity index (χ1n) is 4.18. The summed E-state index contributed by atoms with van der Waals surface area (Å²) in [5.74, 6) is 0.0392. The van der Waals surface area contributed by atoms with Gasteiger partial charge >= 0.3 is 0 Å². The molecule has 2 heterocycles. The number of carbonyl (C=O) groups is 1. The summed E-state index contributed by atoms with van der Waals surface area (Å²) in [4.78, 5) is 19.9. The van der Waals surface area contributed by atoms with Crippen LogP contribution in [0.15, 0.2) is 29.9 Å². The van der Waals surface area contributed by atoms with E-state index in [1.54, 1.807) is 6.07 Å². The third-order valence-electron chi connectivity index (χ3n) is 1.64. The third kappa shape index (κ3) is 2.29. The van der Waals surface area contributed by atoms with Crippen LogP contribution in [0, 0.1) is 0 Å². The molecule has 0 saturated carbocycles. The standard InChI is InChI=1S/C9H8N4OS/c10-6-4-11-9(12-5-6)13-8(14)7-2-1-3-15-7/h1-5H,10H2,(H,11,12,13,14). The summed E-state index contributed by atoms with van der Waals surface area (Å²) in [6.45, 7) is 0. The molecule has 5 nitrogen and oxygen atoms in total. The summed E-state index contributed by atoms with van der Waals surface area (Å²) in [6.07, 6.45) is 2.88. The number of nitrogens with two attached hydrogens (primary N) is 1. The average Bonchev–Trinajstić information content (AvgIpc) is 2.74. The van der Waals surface area contributed by atoms with Gasteiger partial charge in [-0.2, -0.15) is 0 Å². The SMILES string of the molecule is Nc1cnc(NC(=O)c2cccs2)nc1. The zero-order chi connectivity index (χ0) is 10.7. The zero-order valence-corrected chi connectivity index (χ0v) is 8.49. The molecule has 0 unspecified atom stereocenters. The van der Waals surface area contributed by atoms with E-state index in [0.717, 1.165) is 0 Å². The van der Waals surface area contributed by atoms with Crippen molar-refractivity contribution in [2.75, 3.05) is 11.1 Å². The maximum atomic E-state index is 11.5. The molecule has 0 spiro atoms. The van der Waals surface area contributed by atoms with Gasteiger partial charge in [-0.3, -0.25) is 10.1 Å². The normalized spacial score (nSPS) is 9.87. The second-order valence-corrected chi connectivity index (χ2v) is 3.72. The molecule has 76 valence electrons. The van der Waals surface area contributed by atoms with Crippen LogP contribution >= 0.6 is 11.3 Å². The Hall–Kier alpha value is -1.95. The number of aromatic nitrogens is 2. The van der Waals surface area contributed by atoms with E-state index >= 15 is 0 Å². The Morgan fingerprint density at radius 2 is 2.13 bits per heavy atom. The van der Waals surface area contributed by atoms with E-state index in [4.69, 9.17) is 5.73 Å². The van der Waals surface area contributed by atoms with Gasteiger partial charge in [-0.25, -0.2) is 9.97 Å². The molecule has 3 N–H and O–H groups in total. The lowest BCUT2D eigenvalue weighted by Crippen LogP contribution is -2.12. The highest BCUT2D eigenvalue weighted by atomic mass is 32.1.